The number of pyridine rings is 1. The number of rotatable bonds is 5. The Morgan fingerprint density at radius 2 is 2.40 bits per heavy atom. The van der Waals surface area contributed by atoms with Gasteiger partial charge in [-0.2, -0.15) is 0 Å². The lowest BCUT2D eigenvalue weighted by molar-refractivity contribution is 0.318. The van der Waals surface area contributed by atoms with E-state index in [4.69, 9.17) is 10.9 Å². The average Bonchev–Trinajstić information content (AvgIpc) is 2.80. The zero-order valence-electron chi connectivity index (χ0n) is 10.8. The predicted molar refractivity (Wildman–Crippen MR) is 74.0 cm³/mol. The van der Waals surface area contributed by atoms with Crippen molar-refractivity contribution in [2.75, 3.05) is 0 Å². The Bertz CT molecular complexity index is 678. The highest BCUT2D eigenvalue weighted by atomic mass is 32.2. The van der Waals surface area contributed by atoms with Crippen LogP contribution in [0.3, 0.4) is 0 Å². The normalized spacial score (nSPS) is 11.8. The van der Waals surface area contributed by atoms with Gasteiger partial charge in [0.15, 0.2) is 11.0 Å². The van der Waals surface area contributed by atoms with E-state index in [0.717, 1.165) is 6.42 Å². The number of nitrogens with one attached hydrogen (secondary N) is 1. The van der Waals surface area contributed by atoms with E-state index >= 15 is 0 Å². The summed E-state index contributed by atoms with van der Waals surface area (Å²) >= 11 is 1.23. The molecule has 20 heavy (non-hydrogen) atoms. The van der Waals surface area contributed by atoms with Crippen LogP contribution in [0.4, 0.5) is 0 Å². The second-order valence-corrected chi connectivity index (χ2v) is 4.90. The van der Waals surface area contributed by atoms with Gasteiger partial charge in [0.25, 0.3) is 0 Å². The second-order valence-electron chi connectivity index (χ2n) is 3.91. The van der Waals surface area contributed by atoms with Crippen LogP contribution in [0.1, 0.15) is 19.0 Å². The van der Waals surface area contributed by atoms with Gasteiger partial charge in [0.05, 0.1) is 0 Å². The predicted octanol–water partition coefficient (Wildman–Crippen LogP) is 0.622. The van der Waals surface area contributed by atoms with Crippen molar-refractivity contribution in [2.24, 2.45) is 10.9 Å². The largest absolute Gasteiger partial charge is 0.409 e. The van der Waals surface area contributed by atoms with Crippen LogP contribution in [0.15, 0.2) is 38.3 Å². The standard InChI is InChI=1S/C11H14N6O2S/c1-2-6-17-10(18)14-15-11(17)20-8-5-3-4-7(13-8)9(12)16-19/h3-5,19H,2,6H2,1H3,(H2,12,16)(H,14,18). The van der Waals surface area contributed by atoms with Crippen LogP contribution in [0.2, 0.25) is 0 Å². The van der Waals surface area contributed by atoms with Gasteiger partial charge >= 0.3 is 5.69 Å². The van der Waals surface area contributed by atoms with E-state index in [1.165, 1.54) is 11.8 Å². The number of oxime groups is 1. The lowest BCUT2D eigenvalue weighted by Crippen LogP contribution is -2.17. The molecule has 0 fully saturated rings. The van der Waals surface area contributed by atoms with Gasteiger partial charge in [0.1, 0.15) is 10.7 Å². The van der Waals surface area contributed by atoms with Crippen LogP contribution in [-0.2, 0) is 6.54 Å². The number of aromatic amines is 1. The molecule has 0 spiro atoms. The molecule has 0 aliphatic carbocycles. The summed E-state index contributed by atoms with van der Waals surface area (Å²) < 4.78 is 1.54. The minimum atomic E-state index is -0.248. The van der Waals surface area contributed by atoms with E-state index in [2.05, 4.69) is 20.3 Å². The molecule has 8 nitrogen and oxygen atoms in total. The summed E-state index contributed by atoms with van der Waals surface area (Å²) in [5, 5.41) is 19.0. The molecule has 4 N–H and O–H groups in total. The number of hydrogen-bond donors (Lipinski definition) is 3. The smallest absolute Gasteiger partial charge is 0.343 e. The van der Waals surface area contributed by atoms with Crippen molar-refractivity contribution in [2.45, 2.75) is 30.1 Å². The molecule has 2 aromatic rings. The highest BCUT2D eigenvalue weighted by Gasteiger charge is 2.11. The van der Waals surface area contributed by atoms with Gasteiger partial charge in [-0.05, 0) is 30.3 Å². The Morgan fingerprint density at radius 1 is 1.60 bits per heavy atom. The van der Waals surface area contributed by atoms with Crippen molar-refractivity contribution in [3.05, 3.63) is 34.4 Å². The number of nitrogens with two attached hydrogens (primary N) is 1. The maximum absolute atomic E-state index is 11.6. The SMILES string of the molecule is CCCn1c(Sc2cccc(C(N)=NO)n2)n[nH]c1=O. The zero-order valence-corrected chi connectivity index (χ0v) is 11.6. The van der Waals surface area contributed by atoms with Crippen LogP contribution in [0.5, 0.6) is 0 Å². The molecule has 0 saturated heterocycles. The topological polar surface area (TPSA) is 122 Å². The molecule has 2 heterocycles. The van der Waals surface area contributed by atoms with Gasteiger partial charge in [0.2, 0.25) is 0 Å². The lowest BCUT2D eigenvalue weighted by atomic mass is 10.3. The molecule has 0 saturated carbocycles. The van der Waals surface area contributed by atoms with E-state index < -0.39 is 0 Å². The molecule has 2 aromatic heterocycles. The van der Waals surface area contributed by atoms with Crippen molar-refractivity contribution in [3.63, 3.8) is 0 Å². The Kier molecular flexibility index (Phi) is 4.41. The second kappa shape index (κ2) is 6.24. The molecule has 9 heteroatoms. The van der Waals surface area contributed by atoms with Gasteiger partial charge in [-0.15, -0.1) is 5.10 Å². The third-order valence-corrected chi connectivity index (χ3v) is 3.39. The fourth-order valence-corrected chi connectivity index (χ4v) is 2.41. The maximum Gasteiger partial charge on any atom is 0.343 e. The molecule has 0 radical (unpaired) electrons. The fraction of sp³-hybridized carbons (Fsp3) is 0.273. The van der Waals surface area contributed by atoms with E-state index in [0.29, 0.717) is 22.4 Å². The van der Waals surface area contributed by atoms with Crippen LogP contribution in [0, 0.1) is 0 Å². The summed E-state index contributed by atoms with van der Waals surface area (Å²) in [4.78, 5) is 15.8. The molecule has 0 unspecified atom stereocenters. The molecule has 106 valence electrons. The minimum Gasteiger partial charge on any atom is -0.409 e. The molecule has 0 aliphatic rings. The minimum absolute atomic E-state index is 0.0690. The molecular formula is C11H14N6O2S. The Balaban J connectivity index is 2.29. The molecule has 0 bridgehead atoms. The first kappa shape index (κ1) is 14.1. The molecule has 2 rings (SSSR count). The van der Waals surface area contributed by atoms with Crippen LogP contribution < -0.4 is 11.4 Å². The fourth-order valence-electron chi connectivity index (χ4n) is 1.56. The van der Waals surface area contributed by atoms with Crippen LogP contribution >= 0.6 is 11.8 Å². The summed E-state index contributed by atoms with van der Waals surface area (Å²) in [6.45, 7) is 2.56. The molecular weight excluding hydrogens is 280 g/mol. The van der Waals surface area contributed by atoms with Gasteiger partial charge in [0, 0.05) is 6.54 Å². The van der Waals surface area contributed by atoms with Crippen molar-refractivity contribution >= 4 is 17.6 Å². The third-order valence-electron chi connectivity index (χ3n) is 2.46. The van der Waals surface area contributed by atoms with Gasteiger partial charge < -0.3 is 10.9 Å². The zero-order chi connectivity index (χ0) is 14.5. The number of amidine groups is 1. The number of nitrogens with zero attached hydrogens (tertiary/aromatic N) is 4. The Morgan fingerprint density at radius 3 is 3.10 bits per heavy atom. The molecule has 0 aromatic carbocycles. The monoisotopic (exact) mass is 294 g/mol. The van der Waals surface area contributed by atoms with E-state index in [9.17, 15) is 4.79 Å². The molecule has 0 amide bonds. The summed E-state index contributed by atoms with van der Waals surface area (Å²) in [7, 11) is 0. The van der Waals surface area contributed by atoms with Gasteiger partial charge in [-0.1, -0.05) is 18.1 Å². The van der Waals surface area contributed by atoms with Crippen molar-refractivity contribution in [1.82, 2.24) is 19.7 Å². The maximum atomic E-state index is 11.6. The van der Waals surface area contributed by atoms with E-state index in [1.54, 1.807) is 22.8 Å². The van der Waals surface area contributed by atoms with E-state index in [-0.39, 0.29) is 11.5 Å². The Labute approximate surface area is 118 Å². The highest BCUT2D eigenvalue weighted by Crippen LogP contribution is 2.23. The summed E-state index contributed by atoms with van der Waals surface area (Å²) in [6, 6.07) is 5.12. The molecule has 0 atom stereocenters. The molecule has 0 aliphatic heterocycles. The lowest BCUT2D eigenvalue weighted by Gasteiger charge is -2.04. The highest BCUT2D eigenvalue weighted by molar-refractivity contribution is 7.99. The number of hydrogen-bond acceptors (Lipinski definition) is 6. The first-order valence-corrected chi connectivity index (χ1v) is 6.75. The third kappa shape index (κ3) is 2.99. The van der Waals surface area contributed by atoms with E-state index in [1.807, 2.05) is 6.92 Å². The number of aromatic nitrogens is 4. The number of H-pyrrole nitrogens is 1. The van der Waals surface area contributed by atoms with Crippen LogP contribution in [0.25, 0.3) is 0 Å². The average molecular weight is 294 g/mol. The Hall–Kier alpha value is -2.29. The first-order chi connectivity index (χ1) is 9.65. The van der Waals surface area contributed by atoms with Crippen molar-refractivity contribution < 1.29 is 5.21 Å². The summed E-state index contributed by atoms with van der Waals surface area (Å²) in [5.41, 5.74) is 5.60. The quantitative estimate of drug-likeness (QED) is 0.321. The van der Waals surface area contributed by atoms with Crippen molar-refractivity contribution in [1.29, 1.82) is 0 Å². The van der Waals surface area contributed by atoms with Crippen LogP contribution in [-0.4, -0.2) is 30.8 Å². The summed E-state index contributed by atoms with van der Waals surface area (Å²) in [5.74, 6) is -0.0690. The van der Waals surface area contributed by atoms with Gasteiger partial charge in [-0.25, -0.2) is 14.9 Å². The van der Waals surface area contributed by atoms with Crippen molar-refractivity contribution in [3.8, 4) is 0 Å². The summed E-state index contributed by atoms with van der Waals surface area (Å²) in [6.07, 6.45) is 0.824. The van der Waals surface area contributed by atoms with Gasteiger partial charge in [-0.3, -0.25) is 4.57 Å². The first-order valence-electron chi connectivity index (χ1n) is 5.93.